The molecule has 2 aromatic rings. The van der Waals surface area contributed by atoms with Crippen molar-refractivity contribution in [2.24, 2.45) is 0 Å². The van der Waals surface area contributed by atoms with Crippen molar-refractivity contribution in [2.75, 3.05) is 14.2 Å². The van der Waals surface area contributed by atoms with Gasteiger partial charge >= 0.3 is 0 Å². The Kier molecular flexibility index (Phi) is 4.05. The molecule has 3 heteroatoms. The summed E-state index contributed by atoms with van der Waals surface area (Å²) in [5.41, 5.74) is 1.05. The molecule has 0 fully saturated rings. The highest BCUT2D eigenvalue weighted by molar-refractivity contribution is 5.94. The van der Waals surface area contributed by atoms with Crippen LogP contribution in [0.4, 0.5) is 0 Å². The fourth-order valence-electron chi connectivity index (χ4n) is 2.38. The average molecular weight is 258 g/mol. The van der Waals surface area contributed by atoms with Crippen LogP contribution in [0.2, 0.25) is 0 Å². The topological polar surface area (TPSA) is 35.5 Å². The molecule has 100 valence electrons. The minimum absolute atomic E-state index is 0.142. The van der Waals surface area contributed by atoms with Crippen LogP contribution >= 0.6 is 0 Å². The Morgan fingerprint density at radius 1 is 1.11 bits per heavy atom. The molecule has 0 aliphatic carbocycles. The Morgan fingerprint density at radius 2 is 1.89 bits per heavy atom. The van der Waals surface area contributed by atoms with Crippen LogP contribution in [-0.2, 0) is 4.79 Å². The van der Waals surface area contributed by atoms with Gasteiger partial charge in [0.05, 0.1) is 14.2 Å². The van der Waals surface area contributed by atoms with Gasteiger partial charge in [0, 0.05) is 17.2 Å². The largest absolute Gasteiger partial charge is 0.496 e. The molecule has 0 aromatic heterocycles. The highest BCUT2D eigenvalue weighted by Gasteiger charge is 2.15. The Balaban J connectivity index is 2.66. The molecule has 0 radical (unpaired) electrons. The lowest BCUT2D eigenvalue weighted by Crippen LogP contribution is -1.99. The first kappa shape index (κ1) is 13.4. The summed E-state index contributed by atoms with van der Waals surface area (Å²) in [6, 6.07) is 9.91. The summed E-state index contributed by atoms with van der Waals surface area (Å²) in [6.07, 6.45) is 1.44. The number of fused-ring (bicyclic) bond motifs is 1. The molecular formula is C16H18O3. The summed E-state index contributed by atoms with van der Waals surface area (Å²) < 4.78 is 10.9. The van der Waals surface area contributed by atoms with E-state index in [-0.39, 0.29) is 5.92 Å². The number of ether oxygens (including phenoxy) is 2. The molecule has 0 spiro atoms. The third-order valence-electron chi connectivity index (χ3n) is 3.41. The second kappa shape index (κ2) is 5.74. The van der Waals surface area contributed by atoms with Gasteiger partial charge in [-0.2, -0.15) is 0 Å². The van der Waals surface area contributed by atoms with Crippen molar-refractivity contribution in [2.45, 2.75) is 19.3 Å². The van der Waals surface area contributed by atoms with Crippen LogP contribution < -0.4 is 9.47 Å². The van der Waals surface area contributed by atoms with E-state index in [4.69, 9.17) is 9.47 Å². The van der Waals surface area contributed by atoms with Crippen molar-refractivity contribution in [1.82, 2.24) is 0 Å². The minimum atomic E-state index is 0.142. The zero-order valence-electron chi connectivity index (χ0n) is 11.5. The summed E-state index contributed by atoms with van der Waals surface area (Å²) in [5, 5.41) is 2.03. The van der Waals surface area contributed by atoms with E-state index in [2.05, 4.69) is 0 Å². The van der Waals surface area contributed by atoms with Gasteiger partial charge in [-0.15, -0.1) is 0 Å². The number of hydrogen-bond donors (Lipinski definition) is 0. The highest BCUT2D eigenvalue weighted by atomic mass is 16.5. The van der Waals surface area contributed by atoms with E-state index in [0.717, 1.165) is 34.1 Å². The van der Waals surface area contributed by atoms with Gasteiger partial charge in [0.25, 0.3) is 0 Å². The number of rotatable bonds is 5. The molecule has 0 heterocycles. The number of hydrogen-bond acceptors (Lipinski definition) is 3. The Hall–Kier alpha value is -2.03. The predicted molar refractivity (Wildman–Crippen MR) is 76.1 cm³/mol. The highest BCUT2D eigenvalue weighted by Crippen LogP contribution is 2.38. The summed E-state index contributed by atoms with van der Waals surface area (Å²) in [6.45, 7) is 2.03. The van der Waals surface area contributed by atoms with E-state index in [0.29, 0.717) is 6.42 Å². The Bertz CT molecular complexity index is 590. The van der Waals surface area contributed by atoms with Crippen LogP contribution in [-0.4, -0.2) is 20.5 Å². The number of methoxy groups -OCH3 is 2. The number of aldehydes is 1. The molecule has 0 N–H and O–H groups in total. The lowest BCUT2D eigenvalue weighted by Gasteiger charge is -2.17. The molecule has 1 atom stereocenters. The van der Waals surface area contributed by atoms with Crippen LogP contribution in [0.25, 0.3) is 10.8 Å². The van der Waals surface area contributed by atoms with Gasteiger partial charge in [-0.3, -0.25) is 0 Å². The van der Waals surface area contributed by atoms with E-state index in [1.807, 2.05) is 37.3 Å². The maximum absolute atomic E-state index is 10.7. The maximum Gasteiger partial charge on any atom is 0.130 e. The van der Waals surface area contributed by atoms with Gasteiger partial charge in [-0.25, -0.2) is 0 Å². The van der Waals surface area contributed by atoms with Crippen LogP contribution in [0.5, 0.6) is 11.5 Å². The lowest BCUT2D eigenvalue weighted by atomic mass is 9.94. The van der Waals surface area contributed by atoms with E-state index in [1.165, 1.54) is 0 Å². The van der Waals surface area contributed by atoms with Crippen molar-refractivity contribution >= 4 is 17.1 Å². The minimum Gasteiger partial charge on any atom is -0.496 e. The lowest BCUT2D eigenvalue weighted by molar-refractivity contribution is -0.108. The molecule has 0 saturated heterocycles. The molecule has 0 amide bonds. The number of benzene rings is 2. The molecule has 0 bridgehead atoms. The Morgan fingerprint density at radius 3 is 2.53 bits per heavy atom. The first-order chi connectivity index (χ1) is 9.22. The zero-order valence-corrected chi connectivity index (χ0v) is 11.5. The van der Waals surface area contributed by atoms with Gasteiger partial charge < -0.3 is 14.3 Å². The number of carbonyl (C=O) groups excluding carboxylic acids is 1. The zero-order chi connectivity index (χ0) is 13.8. The van der Waals surface area contributed by atoms with Crippen LogP contribution in [0.3, 0.4) is 0 Å². The van der Waals surface area contributed by atoms with Gasteiger partial charge in [0.1, 0.15) is 17.8 Å². The quantitative estimate of drug-likeness (QED) is 0.769. The summed E-state index contributed by atoms with van der Waals surface area (Å²) in [7, 11) is 3.32. The summed E-state index contributed by atoms with van der Waals surface area (Å²) >= 11 is 0. The molecule has 3 nitrogen and oxygen atoms in total. The third kappa shape index (κ3) is 2.41. The average Bonchev–Trinajstić information content (AvgIpc) is 2.45. The van der Waals surface area contributed by atoms with Crippen molar-refractivity contribution in [1.29, 1.82) is 0 Å². The predicted octanol–water partition coefficient (Wildman–Crippen LogP) is 3.55. The summed E-state index contributed by atoms with van der Waals surface area (Å²) in [5.74, 6) is 1.79. The summed E-state index contributed by atoms with van der Waals surface area (Å²) in [4.78, 5) is 10.7. The smallest absolute Gasteiger partial charge is 0.130 e. The van der Waals surface area contributed by atoms with E-state index in [1.54, 1.807) is 14.2 Å². The monoisotopic (exact) mass is 258 g/mol. The van der Waals surface area contributed by atoms with Gasteiger partial charge in [0.15, 0.2) is 0 Å². The molecule has 0 aliphatic heterocycles. The van der Waals surface area contributed by atoms with Gasteiger partial charge in [0.2, 0.25) is 0 Å². The number of carbonyl (C=O) groups is 1. The van der Waals surface area contributed by atoms with E-state index >= 15 is 0 Å². The third-order valence-corrected chi connectivity index (χ3v) is 3.41. The fraction of sp³-hybridized carbons (Fsp3) is 0.312. The second-order valence-electron chi connectivity index (χ2n) is 4.55. The molecule has 1 unspecified atom stereocenters. The molecule has 0 aliphatic rings. The molecule has 0 saturated carbocycles. The van der Waals surface area contributed by atoms with E-state index < -0.39 is 0 Å². The van der Waals surface area contributed by atoms with E-state index in [9.17, 15) is 4.79 Å². The van der Waals surface area contributed by atoms with Crippen molar-refractivity contribution < 1.29 is 14.3 Å². The fourth-order valence-corrected chi connectivity index (χ4v) is 2.38. The standard InChI is InChI=1S/C16H18O3/c1-11(9-10-17)12-7-8-13-14(16(12)19-3)5-4-6-15(13)18-2/h4-8,10-11H,9H2,1-3H3. The SMILES string of the molecule is COc1cccc2c(OC)c(C(C)CC=O)ccc12. The van der Waals surface area contributed by atoms with Crippen molar-refractivity contribution in [3.05, 3.63) is 35.9 Å². The molecular weight excluding hydrogens is 240 g/mol. The second-order valence-corrected chi connectivity index (χ2v) is 4.55. The Labute approximate surface area is 113 Å². The molecule has 19 heavy (non-hydrogen) atoms. The first-order valence-electron chi connectivity index (χ1n) is 6.30. The van der Waals surface area contributed by atoms with Crippen molar-refractivity contribution in [3.63, 3.8) is 0 Å². The first-order valence-corrected chi connectivity index (χ1v) is 6.30. The van der Waals surface area contributed by atoms with Gasteiger partial charge in [-0.1, -0.05) is 31.2 Å². The van der Waals surface area contributed by atoms with Crippen LogP contribution in [0, 0.1) is 0 Å². The van der Waals surface area contributed by atoms with Gasteiger partial charge in [-0.05, 0) is 17.5 Å². The molecule has 2 rings (SSSR count). The van der Waals surface area contributed by atoms with Crippen molar-refractivity contribution in [3.8, 4) is 11.5 Å². The van der Waals surface area contributed by atoms with Crippen LogP contribution in [0.1, 0.15) is 24.8 Å². The normalized spacial score (nSPS) is 12.2. The van der Waals surface area contributed by atoms with Crippen LogP contribution in [0.15, 0.2) is 30.3 Å². The molecule has 2 aromatic carbocycles. The maximum atomic E-state index is 10.7.